The van der Waals surface area contributed by atoms with Gasteiger partial charge in [0, 0.05) is 21.2 Å². The van der Waals surface area contributed by atoms with Gasteiger partial charge in [0.1, 0.15) is 6.10 Å². The Bertz CT molecular complexity index is 1050. The lowest BCUT2D eigenvalue weighted by Gasteiger charge is -2.11. The predicted octanol–water partition coefficient (Wildman–Crippen LogP) is 4.05. The summed E-state index contributed by atoms with van der Waals surface area (Å²) in [6.07, 6.45) is -0.643. The maximum atomic E-state index is 12.2. The molecule has 0 spiro atoms. The second-order valence-corrected chi connectivity index (χ2v) is 11.5. The molecule has 29 heavy (non-hydrogen) atoms. The number of rotatable bonds is 8. The molecule has 154 valence electrons. The summed E-state index contributed by atoms with van der Waals surface area (Å²) in [7, 11) is -3.32. The third-order valence-electron chi connectivity index (χ3n) is 4.45. The third-order valence-corrected chi connectivity index (χ3v) is 8.87. The summed E-state index contributed by atoms with van der Waals surface area (Å²) in [6, 6.07) is 14.2. The molecule has 0 fully saturated rings. The van der Waals surface area contributed by atoms with Crippen molar-refractivity contribution < 1.29 is 18.3 Å². The molecule has 5 nitrogen and oxygen atoms in total. The van der Waals surface area contributed by atoms with Crippen LogP contribution in [0.25, 0.3) is 9.75 Å². The van der Waals surface area contributed by atoms with Crippen LogP contribution in [0.3, 0.4) is 0 Å². The Labute approximate surface area is 179 Å². The largest absolute Gasteiger partial charge is 0.386 e. The molecule has 2 heterocycles. The fourth-order valence-electron chi connectivity index (χ4n) is 2.71. The van der Waals surface area contributed by atoms with Gasteiger partial charge in [0.05, 0.1) is 16.6 Å². The average Bonchev–Trinajstić information content (AvgIpc) is 3.38. The lowest BCUT2D eigenvalue weighted by molar-refractivity contribution is -0.120. The van der Waals surface area contributed by atoms with Crippen molar-refractivity contribution in [2.45, 2.75) is 36.5 Å². The third kappa shape index (κ3) is 5.33. The summed E-state index contributed by atoms with van der Waals surface area (Å²) in [5.41, 5.74) is 0.718. The van der Waals surface area contributed by atoms with Crippen LogP contribution in [0.4, 0.5) is 0 Å². The van der Waals surface area contributed by atoms with Crippen LogP contribution < -0.4 is 5.32 Å². The van der Waals surface area contributed by atoms with E-state index in [4.69, 9.17) is 0 Å². The van der Waals surface area contributed by atoms with Gasteiger partial charge in [0.15, 0.2) is 9.84 Å². The summed E-state index contributed by atoms with van der Waals surface area (Å²) in [5.74, 6) is -0.224. The molecule has 1 aromatic carbocycles. The van der Waals surface area contributed by atoms with Gasteiger partial charge in [-0.2, -0.15) is 0 Å². The first-order valence-corrected chi connectivity index (χ1v) is 12.4. The van der Waals surface area contributed by atoms with Gasteiger partial charge in [-0.25, -0.2) is 8.42 Å². The zero-order valence-electron chi connectivity index (χ0n) is 16.2. The molecule has 1 amide bonds. The maximum absolute atomic E-state index is 12.2. The number of amides is 1. The summed E-state index contributed by atoms with van der Waals surface area (Å²) in [4.78, 5) is 15.5. The summed E-state index contributed by atoms with van der Waals surface area (Å²) in [6.45, 7) is 3.40. The second-order valence-electron chi connectivity index (χ2n) is 6.91. The fraction of sp³-hybridized carbons (Fsp3) is 0.286. The molecular weight excluding hydrogens is 426 g/mol. The van der Waals surface area contributed by atoms with Crippen molar-refractivity contribution in [3.05, 3.63) is 64.4 Å². The molecule has 0 radical (unpaired) electrons. The number of nitrogens with one attached hydrogen (secondary N) is 1. The van der Waals surface area contributed by atoms with Crippen LogP contribution >= 0.6 is 22.7 Å². The van der Waals surface area contributed by atoms with Crippen molar-refractivity contribution in [1.82, 2.24) is 5.32 Å². The molecule has 1 unspecified atom stereocenters. The minimum atomic E-state index is -3.32. The highest BCUT2D eigenvalue weighted by atomic mass is 32.2. The lowest BCUT2D eigenvalue weighted by atomic mass is 10.1. The molecule has 0 aliphatic rings. The lowest BCUT2D eigenvalue weighted by Crippen LogP contribution is -2.29. The van der Waals surface area contributed by atoms with E-state index in [2.05, 4.69) is 5.32 Å². The van der Waals surface area contributed by atoms with Gasteiger partial charge < -0.3 is 10.4 Å². The van der Waals surface area contributed by atoms with Crippen molar-refractivity contribution >= 4 is 38.4 Å². The number of sulfone groups is 1. The first kappa shape index (κ1) is 21.7. The Balaban J connectivity index is 1.53. The van der Waals surface area contributed by atoms with Gasteiger partial charge in [0.2, 0.25) is 5.91 Å². The molecule has 0 aliphatic carbocycles. The van der Waals surface area contributed by atoms with Crippen LogP contribution in [0.1, 0.15) is 30.4 Å². The highest BCUT2D eigenvalue weighted by Crippen LogP contribution is 2.33. The van der Waals surface area contributed by atoms with Gasteiger partial charge in [-0.15, -0.1) is 22.7 Å². The zero-order chi connectivity index (χ0) is 21.0. The van der Waals surface area contributed by atoms with Crippen molar-refractivity contribution in [2.75, 3.05) is 6.54 Å². The number of carbonyl (C=O) groups is 1. The molecule has 8 heteroatoms. The van der Waals surface area contributed by atoms with Gasteiger partial charge >= 0.3 is 0 Å². The van der Waals surface area contributed by atoms with Gasteiger partial charge in [0.25, 0.3) is 0 Å². The quantitative estimate of drug-likeness (QED) is 0.543. The summed E-state index contributed by atoms with van der Waals surface area (Å²) in [5, 5.41) is 14.6. The number of hydrogen-bond donors (Lipinski definition) is 2. The maximum Gasteiger partial charge on any atom is 0.224 e. The van der Waals surface area contributed by atoms with E-state index >= 15 is 0 Å². The van der Waals surface area contributed by atoms with E-state index in [1.54, 1.807) is 37.3 Å². The van der Waals surface area contributed by atoms with Crippen LogP contribution in [0.2, 0.25) is 0 Å². The van der Waals surface area contributed by atoms with E-state index in [0.717, 1.165) is 20.2 Å². The first-order valence-electron chi connectivity index (χ1n) is 9.18. The van der Waals surface area contributed by atoms with Gasteiger partial charge in [-0.3, -0.25) is 4.79 Å². The van der Waals surface area contributed by atoms with E-state index < -0.39 is 21.2 Å². The van der Waals surface area contributed by atoms with Crippen LogP contribution in [0.5, 0.6) is 0 Å². The van der Waals surface area contributed by atoms with E-state index in [1.165, 1.54) is 23.5 Å². The standard InChI is InChI=1S/C21H23NO4S3/c1-14(2)29(25,26)16-7-5-15(6-8-16)12-21(24)22-13-17(23)18-9-10-20(28-18)19-4-3-11-27-19/h3-11,14,17,23H,12-13H2,1-2H3,(H,22,24). The number of hydrogen-bond acceptors (Lipinski definition) is 6. The number of benzene rings is 1. The minimum absolute atomic E-state index is 0.125. The van der Waals surface area contributed by atoms with Crippen LogP contribution in [0.15, 0.2) is 58.8 Å². The summed E-state index contributed by atoms with van der Waals surface area (Å²) >= 11 is 3.16. The molecule has 3 rings (SSSR count). The highest BCUT2D eigenvalue weighted by molar-refractivity contribution is 7.92. The van der Waals surface area contributed by atoms with E-state index in [0.29, 0.717) is 0 Å². The first-order chi connectivity index (χ1) is 13.8. The summed E-state index contributed by atoms with van der Waals surface area (Å²) < 4.78 is 24.3. The van der Waals surface area contributed by atoms with E-state index in [9.17, 15) is 18.3 Å². The van der Waals surface area contributed by atoms with Crippen molar-refractivity contribution in [3.8, 4) is 9.75 Å². The van der Waals surface area contributed by atoms with Crippen molar-refractivity contribution in [1.29, 1.82) is 0 Å². The Morgan fingerprint density at radius 3 is 2.41 bits per heavy atom. The molecule has 0 saturated heterocycles. The van der Waals surface area contributed by atoms with Crippen LogP contribution in [-0.4, -0.2) is 31.2 Å². The molecule has 0 saturated carbocycles. The van der Waals surface area contributed by atoms with Gasteiger partial charge in [-0.05, 0) is 55.1 Å². The smallest absolute Gasteiger partial charge is 0.224 e. The number of aliphatic hydroxyl groups is 1. The van der Waals surface area contributed by atoms with Crippen molar-refractivity contribution in [3.63, 3.8) is 0 Å². The van der Waals surface area contributed by atoms with Gasteiger partial charge in [-0.1, -0.05) is 18.2 Å². The Kier molecular flexibility index (Phi) is 6.89. The molecule has 1 atom stereocenters. The average molecular weight is 450 g/mol. The fourth-order valence-corrected chi connectivity index (χ4v) is 5.60. The van der Waals surface area contributed by atoms with E-state index in [-0.39, 0.29) is 23.8 Å². The normalized spacial score (nSPS) is 12.8. The minimum Gasteiger partial charge on any atom is -0.386 e. The molecule has 3 aromatic rings. The zero-order valence-corrected chi connectivity index (χ0v) is 18.6. The highest BCUT2D eigenvalue weighted by Gasteiger charge is 2.19. The number of aliphatic hydroxyl groups excluding tert-OH is 1. The molecule has 2 N–H and O–H groups in total. The molecule has 0 aliphatic heterocycles. The molecule has 2 aromatic heterocycles. The number of thiophene rings is 2. The molecular formula is C21H23NO4S3. The monoisotopic (exact) mass is 449 g/mol. The SMILES string of the molecule is CC(C)S(=O)(=O)c1ccc(CC(=O)NCC(O)c2ccc(-c3cccs3)s2)cc1. The second kappa shape index (κ2) is 9.21. The van der Waals surface area contributed by atoms with E-state index in [1.807, 2.05) is 29.6 Å². The topological polar surface area (TPSA) is 83.5 Å². The molecule has 0 bridgehead atoms. The number of carbonyl (C=O) groups excluding carboxylic acids is 1. The van der Waals surface area contributed by atoms with Crippen LogP contribution in [-0.2, 0) is 21.1 Å². The van der Waals surface area contributed by atoms with Crippen LogP contribution in [0, 0.1) is 0 Å². The van der Waals surface area contributed by atoms with Crippen molar-refractivity contribution in [2.24, 2.45) is 0 Å². The predicted molar refractivity (Wildman–Crippen MR) is 118 cm³/mol. The Morgan fingerprint density at radius 1 is 1.07 bits per heavy atom. The Hall–Kier alpha value is -2.00. The Morgan fingerprint density at radius 2 is 1.79 bits per heavy atom.